The molecule has 0 bridgehead atoms. The second kappa shape index (κ2) is 10.0. The lowest BCUT2D eigenvalue weighted by Crippen LogP contribution is -2.45. The van der Waals surface area contributed by atoms with Crippen LogP contribution in [0, 0.1) is 11.8 Å². The summed E-state index contributed by atoms with van der Waals surface area (Å²) in [7, 11) is 0. The first-order chi connectivity index (χ1) is 11.6. The van der Waals surface area contributed by atoms with E-state index in [-0.39, 0.29) is 36.3 Å². The highest BCUT2D eigenvalue weighted by Crippen LogP contribution is 2.29. The SMILES string of the molecule is Cl.N[C@@H]1CCC[C@H]1CC(=O)NC1CCC(C(=O)N2CCSCC2)CC1. The van der Waals surface area contributed by atoms with Gasteiger partial charge in [0.2, 0.25) is 11.8 Å². The lowest BCUT2D eigenvalue weighted by molar-refractivity contribution is -0.136. The first-order valence-electron chi connectivity index (χ1n) is 9.55. The first-order valence-corrected chi connectivity index (χ1v) is 10.7. The Balaban J connectivity index is 0.00000225. The van der Waals surface area contributed by atoms with E-state index in [1.54, 1.807) is 0 Å². The van der Waals surface area contributed by atoms with Crippen LogP contribution in [-0.4, -0.2) is 53.4 Å². The summed E-state index contributed by atoms with van der Waals surface area (Å²) in [5.74, 6) is 3.17. The van der Waals surface area contributed by atoms with Crippen molar-refractivity contribution < 1.29 is 9.59 Å². The lowest BCUT2D eigenvalue weighted by atomic mass is 9.85. The van der Waals surface area contributed by atoms with Crippen LogP contribution in [0.25, 0.3) is 0 Å². The molecule has 1 aliphatic heterocycles. The van der Waals surface area contributed by atoms with Crippen molar-refractivity contribution in [2.75, 3.05) is 24.6 Å². The molecule has 0 spiro atoms. The van der Waals surface area contributed by atoms with E-state index in [0.29, 0.717) is 18.2 Å². The van der Waals surface area contributed by atoms with Crippen LogP contribution in [0.4, 0.5) is 0 Å². The molecule has 2 amide bonds. The van der Waals surface area contributed by atoms with Gasteiger partial charge in [0.05, 0.1) is 0 Å². The fourth-order valence-electron chi connectivity index (χ4n) is 4.37. The van der Waals surface area contributed by atoms with Crippen molar-refractivity contribution in [1.82, 2.24) is 10.2 Å². The maximum absolute atomic E-state index is 12.6. The normalized spacial score (nSPS) is 32.8. The fourth-order valence-corrected chi connectivity index (χ4v) is 5.27. The molecule has 2 saturated carbocycles. The first kappa shape index (κ1) is 20.8. The summed E-state index contributed by atoms with van der Waals surface area (Å²) in [6, 6.07) is 0.447. The Bertz CT molecular complexity index is 452. The maximum Gasteiger partial charge on any atom is 0.225 e. The Morgan fingerprint density at radius 3 is 2.32 bits per heavy atom. The maximum atomic E-state index is 12.6. The minimum Gasteiger partial charge on any atom is -0.353 e. The van der Waals surface area contributed by atoms with Gasteiger partial charge in [-0.25, -0.2) is 0 Å². The average molecular weight is 390 g/mol. The molecule has 0 aromatic carbocycles. The number of rotatable bonds is 4. The van der Waals surface area contributed by atoms with Crippen LogP contribution >= 0.6 is 24.2 Å². The van der Waals surface area contributed by atoms with E-state index in [0.717, 1.165) is 69.5 Å². The highest BCUT2D eigenvalue weighted by molar-refractivity contribution is 7.99. The third kappa shape index (κ3) is 5.76. The number of amides is 2. The molecule has 5 nitrogen and oxygen atoms in total. The second-order valence-electron chi connectivity index (χ2n) is 7.61. The molecule has 3 rings (SSSR count). The molecule has 2 aliphatic carbocycles. The van der Waals surface area contributed by atoms with Gasteiger partial charge in [0, 0.05) is 49.0 Å². The number of nitrogens with two attached hydrogens (primary N) is 1. The Labute approximate surface area is 161 Å². The zero-order chi connectivity index (χ0) is 16.9. The Morgan fingerprint density at radius 1 is 1.04 bits per heavy atom. The molecule has 7 heteroatoms. The second-order valence-corrected chi connectivity index (χ2v) is 8.84. The van der Waals surface area contributed by atoms with Gasteiger partial charge in [-0.2, -0.15) is 11.8 Å². The number of halogens is 1. The van der Waals surface area contributed by atoms with Gasteiger partial charge in [0.1, 0.15) is 0 Å². The summed E-state index contributed by atoms with van der Waals surface area (Å²) in [5, 5.41) is 3.18. The van der Waals surface area contributed by atoms with Crippen molar-refractivity contribution in [3.8, 4) is 0 Å². The van der Waals surface area contributed by atoms with Crippen LogP contribution in [0.3, 0.4) is 0 Å². The summed E-state index contributed by atoms with van der Waals surface area (Å²) in [4.78, 5) is 26.8. The summed E-state index contributed by atoms with van der Waals surface area (Å²) in [5.41, 5.74) is 6.06. The van der Waals surface area contributed by atoms with Gasteiger partial charge in [-0.1, -0.05) is 6.42 Å². The molecular formula is C18H32ClN3O2S. The molecule has 0 radical (unpaired) electrons. The van der Waals surface area contributed by atoms with Crippen molar-refractivity contribution in [3.63, 3.8) is 0 Å². The molecule has 144 valence electrons. The van der Waals surface area contributed by atoms with Crippen LogP contribution in [-0.2, 0) is 9.59 Å². The number of nitrogens with one attached hydrogen (secondary N) is 1. The zero-order valence-corrected chi connectivity index (χ0v) is 16.6. The van der Waals surface area contributed by atoms with Crippen LogP contribution in [0.15, 0.2) is 0 Å². The molecule has 1 heterocycles. The molecule has 3 fully saturated rings. The minimum absolute atomic E-state index is 0. The van der Waals surface area contributed by atoms with Gasteiger partial charge in [-0.3, -0.25) is 9.59 Å². The number of hydrogen-bond acceptors (Lipinski definition) is 4. The van der Waals surface area contributed by atoms with Crippen molar-refractivity contribution in [2.24, 2.45) is 17.6 Å². The van der Waals surface area contributed by atoms with E-state index < -0.39 is 0 Å². The summed E-state index contributed by atoms with van der Waals surface area (Å²) >= 11 is 1.93. The Morgan fingerprint density at radius 2 is 1.72 bits per heavy atom. The van der Waals surface area contributed by atoms with Gasteiger partial charge >= 0.3 is 0 Å². The predicted octanol–water partition coefficient (Wildman–Crippen LogP) is 2.18. The Kier molecular flexibility index (Phi) is 8.36. The van der Waals surface area contributed by atoms with Crippen LogP contribution in [0.1, 0.15) is 51.4 Å². The van der Waals surface area contributed by atoms with Crippen molar-refractivity contribution in [3.05, 3.63) is 0 Å². The van der Waals surface area contributed by atoms with Crippen LogP contribution in [0.2, 0.25) is 0 Å². The Hall–Kier alpha value is -0.460. The standard InChI is InChI=1S/C18H31N3O2S.ClH/c19-16-3-1-2-14(16)12-17(22)20-15-6-4-13(5-7-15)18(23)21-8-10-24-11-9-21;/h13-16H,1-12,19H2,(H,20,22);1H/t13?,14-,15?,16+;/m0./s1. The highest BCUT2D eigenvalue weighted by atomic mass is 35.5. The summed E-state index contributed by atoms with van der Waals surface area (Å²) in [6.45, 7) is 1.81. The minimum atomic E-state index is 0. The van der Waals surface area contributed by atoms with E-state index in [1.165, 1.54) is 0 Å². The van der Waals surface area contributed by atoms with E-state index in [4.69, 9.17) is 5.73 Å². The van der Waals surface area contributed by atoms with Crippen molar-refractivity contribution in [1.29, 1.82) is 0 Å². The highest BCUT2D eigenvalue weighted by Gasteiger charge is 2.31. The zero-order valence-electron chi connectivity index (χ0n) is 15.0. The lowest BCUT2D eigenvalue weighted by Gasteiger charge is -2.34. The molecule has 3 N–H and O–H groups in total. The molecular weight excluding hydrogens is 358 g/mol. The van der Waals surface area contributed by atoms with Crippen molar-refractivity contribution >= 4 is 36.0 Å². The van der Waals surface area contributed by atoms with E-state index in [2.05, 4.69) is 5.32 Å². The topological polar surface area (TPSA) is 75.4 Å². The molecule has 1 saturated heterocycles. The third-order valence-electron chi connectivity index (χ3n) is 5.93. The van der Waals surface area contributed by atoms with Gasteiger partial charge in [-0.15, -0.1) is 12.4 Å². The molecule has 0 unspecified atom stereocenters. The number of carbonyl (C=O) groups excluding carboxylic acids is 2. The van der Waals surface area contributed by atoms with Gasteiger partial charge in [0.15, 0.2) is 0 Å². The molecule has 3 aliphatic rings. The van der Waals surface area contributed by atoms with Gasteiger partial charge in [0.25, 0.3) is 0 Å². The van der Waals surface area contributed by atoms with Crippen LogP contribution in [0.5, 0.6) is 0 Å². The van der Waals surface area contributed by atoms with Crippen LogP contribution < -0.4 is 11.1 Å². The fraction of sp³-hybridized carbons (Fsp3) is 0.889. The number of hydrogen-bond donors (Lipinski definition) is 2. The van der Waals surface area contributed by atoms with Crippen molar-refractivity contribution in [2.45, 2.75) is 63.5 Å². The predicted molar refractivity (Wildman–Crippen MR) is 105 cm³/mol. The summed E-state index contributed by atoms with van der Waals surface area (Å²) < 4.78 is 0. The number of thioether (sulfide) groups is 1. The van der Waals surface area contributed by atoms with E-state index in [1.807, 2.05) is 16.7 Å². The van der Waals surface area contributed by atoms with E-state index in [9.17, 15) is 9.59 Å². The summed E-state index contributed by atoms with van der Waals surface area (Å²) in [6.07, 6.45) is 7.56. The monoisotopic (exact) mass is 389 g/mol. The van der Waals surface area contributed by atoms with Gasteiger partial charge in [-0.05, 0) is 44.4 Å². The molecule has 0 aromatic rings. The smallest absolute Gasteiger partial charge is 0.225 e. The number of nitrogens with zero attached hydrogens (tertiary/aromatic N) is 1. The largest absolute Gasteiger partial charge is 0.353 e. The molecule has 2 atom stereocenters. The molecule has 25 heavy (non-hydrogen) atoms. The average Bonchev–Trinajstić information content (AvgIpc) is 3.00. The quantitative estimate of drug-likeness (QED) is 0.772. The van der Waals surface area contributed by atoms with Gasteiger partial charge < -0.3 is 16.0 Å². The van der Waals surface area contributed by atoms with E-state index >= 15 is 0 Å². The molecule has 0 aromatic heterocycles. The third-order valence-corrected chi connectivity index (χ3v) is 6.87. The number of carbonyl (C=O) groups is 2.